The second kappa shape index (κ2) is 5.71. The number of hydrogen-bond acceptors (Lipinski definition) is 4. The van der Waals surface area contributed by atoms with E-state index in [1.165, 1.54) is 7.11 Å². The highest BCUT2D eigenvalue weighted by molar-refractivity contribution is 6.00. The summed E-state index contributed by atoms with van der Waals surface area (Å²) < 4.78 is 5.51. The first-order chi connectivity index (χ1) is 9.13. The summed E-state index contributed by atoms with van der Waals surface area (Å²) in [6, 6.07) is 7.28. The van der Waals surface area contributed by atoms with Crippen LogP contribution in [0.25, 0.3) is 0 Å². The van der Waals surface area contributed by atoms with E-state index in [0.717, 1.165) is 0 Å². The van der Waals surface area contributed by atoms with Gasteiger partial charge in [0.2, 0.25) is 5.91 Å². The SMILES string of the molecule is CONC(=O)CCN1C(=O)C(C)Oc2ccccc21. The lowest BCUT2D eigenvalue weighted by molar-refractivity contribution is -0.131. The molecule has 0 spiro atoms. The number of hydrogen-bond donors (Lipinski definition) is 1. The van der Waals surface area contributed by atoms with E-state index >= 15 is 0 Å². The highest BCUT2D eigenvalue weighted by Crippen LogP contribution is 2.33. The average molecular weight is 264 g/mol. The molecule has 6 nitrogen and oxygen atoms in total. The van der Waals surface area contributed by atoms with E-state index in [-0.39, 0.29) is 18.2 Å². The van der Waals surface area contributed by atoms with Gasteiger partial charge in [0.15, 0.2) is 6.10 Å². The maximum absolute atomic E-state index is 12.1. The third-order valence-corrected chi connectivity index (χ3v) is 2.85. The molecule has 2 amide bonds. The van der Waals surface area contributed by atoms with Crippen LogP contribution < -0.4 is 15.1 Å². The van der Waals surface area contributed by atoms with Gasteiger partial charge in [-0.15, -0.1) is 0 Å². The molecule has 0 fully saturated rings. The first-order valence-electron chi connectivity index (χ1n) is 6.02. The van der Waals surface area contributed by atoms with Crippen molar-refractivity contribution in [2.75, 3.05) is 18.6 Å². The molecule has 1 atom stereocenters. The Morgan fingerprint density at radius 3 is 2.95 bits per heavy atom. The van der Waals surface area contributed by atoms with E-state index in [4.69, 9.17) is 4.74 Å². The molecule has 19 heavy (non-hydrogen) atoms. The summed E-state index contributed by atoms with van der Waals surface area (Å²) in [4.78, 5) is 29.6. The number of carbonyl (C=O) groups is 2. The summed E-state index contributed by atoms with van der Waals surface area (Å²) in [5.41, 5.74) is 2.92. The molecule has 1 aromatic carbocycles. The van der Waals surface area contributed by atoms with Crippen LogP contribution in [0.3, 0.4) is 0 Å². The van der Waals surface area contributed by atoms with Crippen LogP contribution in [-0.4, -0.2) is 31.6 Å². The fourth-order valence-corrected chi connectivity index (χ4v) is 1.97. The second-order valence-corrected chi connectivity index (χ2v) is 4.20. The van der Waals surface area contributed by atoms with Crippen molar-refractivity contribution in [1.29, 1.82) is 0 Å². The fraction of sp³-hybridized carbons (Fsp3) is 0.385. The van der Waals surface area contributed by atoms with E-state index in [0.29, 0.717) is 18.0 Å². The molecule has 1 N–H and O–H groups in total. The predicted octanol–water partition coefficient (Wildman–Crippen LogP) is 0.868. The van der Waals surface area contributed by atoms with Crippen LogP contribution in [0.5, 0.6) is 5.75 Å². The molecule has 0 saturated carbocycles. The Hall–Kier alpha value is -2.08. The van der Waals surface area contributed by atoms with Crippen LogP contribution in [0, 0.1) is 0 Å². The van der Waals surface area contributed by atoms with E-state index in [2.05, 4.69) is 10.3 Å². The van der Waals surface area contributed by atoms with Crippen molar-refractivity contribution in [3.8, 4) is 5.75 Å². The average Bonchev–Trinajstić information content (AvgIpc) is 2.39. The number of hydroxylamine groups is 1. The highest BCUT2D eigenvalue weighted by atomic mass is 16.6. The fourth-order valence-electron chi connectivity index (χ4n) is 1.97. The van der Waals surface area contributed by atoms with Crippen molar-refractivity contribution in [3.63, 3.8) is 0 Å². The number of amides is 2. The molecule has 0 aromatic heterocycles. The van der Waals surface area contributed by atoms with Gasteiger partial charge in [-0.25, -0.2) is 5.48 Å². The zero-order valence-electron chi connectivity index (χ0n) is 10.9. The minimum absolute atomic E-state index is 0.149. The first-order valence-corrected chi connectivity index (χ1v) is 6.02. The predicted molar refractivity (Wildman–Crippen MR) is 68.7 cm³/mol. The van der Waals surface area contributed by atoms with Crippen molar-refractivity contribution in [3.05, 3.63) is 24.3 Å². The van der Waals surface area contributed by atoms with Crippen molar-refractivity contribution < 1.29 is 19.2 Å². The second-order valence-electron chi connectivity index (χ2n) is 4.20. The van der Waals surface area contributed by atoms with Crippen LogP contribution in [-0.2, 0) is 14.4 Å². The number of nitrogens with one attached hydrogen (secondary N) is 1. The van der Waals surface area contributed by atoms with Gasteiger partial charge in [0.05, 0.1) is 12.8 Å². The number of para-hydroxylation sites is 2. The Kier molecular flexibility index (Phi) is 4.01. The Morgan fingerprint density at radius 2 is 2.21 bits per heavy atom. The van der Waals surface area contributed by atoms with Gasteiger partial charge < -0.3 is 9.64 Å². The van der Waals surface area contributed by atoms with Gasteiger partial charge in [0, 0.05) is 13.0 Å². The Bertz CT molecular complexity index is 489. The Morgan fingerprint density at radius 1 is 1.47 bits per heavy atom. The zero-order chi connectivity index (χ0) is 13.8. The molecular formula is C13H16N2O4. The van der Waals surface area contributed by atoms with Crippen LogP contribution >= 0.6 is 0 Å². The lowest BCUT2D eigenvalue weighted by Gasteiger charge is -2.32. The van der Waals surface area contributed by atoms with E-state index in [1.54, 1.807) is 24.0 Å². The van der Waals surface area contributed by atoms with Crippen LogP contribution in [0.15, 0.2) is 24.3 Å². The topological polar surface area (TPSA) is 67.9 Å². The van der Waals surface area contributed by atoms with Gasteiger partial charge in [-0.05, 0) is 19.1 Å². The minimum atomic E-state index is -0.541. The summed E-state index contributed by atoms with van der Waals surface area (Å²) in [7, 11) is 1.37. The lowest BCUT2D eigenvalue weighted by atomic mass is 10.1. The molecule has 1 unspecified atom stereocenters. The third-order valence-electron chi connectivity index (χ3n) is 2.85. The van der Waals surface area contributed by atoms with Gasteiger partial charge in [0.1, 0.15) is 5.75 Å². The van der Waals surface area contributed by atoms with Crippen LogP contribution in [0.4, 0.5) is 5.69 Å². The third kappa shape index (κ3) is 2.85. The molecule has 1 heterocycles. The number of benzene rings is 1. The van der Waals surface area contributed by atoms with E-state index < -0.39 is 6.10 Å². The van der Waals surface area contributed by atoms with Crippen LogP contribution in [0.1, 0.15) is 13.3 Å². The molecule has 1 aromatic rings. The van der Waals surface area contributed by atoms with Crippen molar-refractivity contribution in [2.45, 2.75) is 19.4 Å². The zero-order valence-corrected chi connectivity index (χ0v) is 10.9. The number of rotatable bonds is 4. The van der Waals surface area contributed by atoms with Gasteiger partial charge in [0.25, 0.3) is 5.91 Å². The van der Waals surface area contributed by atoms with Gasteiger partial charge in [-0.2, -0.15) is 0 Å². The van der Waals surface area contributed by atoms with Crippen molar-refractivity contribution in [2.24, 2.45) is 0 Å². The molecule has 2 rings (SSSR count). The largest absolute Gasteiger partial charge is 0.479 e. The summed E-state index contributed by atoms with van der Waals surface area (Å²) in [6.07, 6.45) is -0.374. The monoisotopic (exact) mass is 264 g/mol. The van der Waals surface area contributed by atoms with E-state index in [1.807, 2.05) is 12.1 Å². The molecule has 0 radical (unpaired) electrons. The minimum Gasteiger partial charge on any atom is -0.479 e. The van der Waals surface area contributed by atoms with Crippen LogP contribution in [0.2, 0.25) is 0 Å². The summed E-state index contributed by atoms with van der Waals surface area (Å²) >= 11 is 0. The Balaban J connectivity index is 2.14. The molecule has 6 heteroatoms. The molecule has 0 saturated heterocycles. The number of anilines is 1. The number of carbonyl (C=O) groups excluding carboxylic acids is 2. The quantitative estimate of drug-likeness (QED) is 0.819. The maximum atomic E-state index is 12.1. The molecule has 1 aliphatic rings. The van der Waals surface area contributed by atoms with Gasteiger partial charge in [-0.3, -0.25) is 14.4 Å². The molecule has 0 bridgehead atoms. The van der Waals surface area contributed by atoms with Gasteiger partial charge in [-0.1, -0.05) is 12.1 Å². The maximum Gasteiger partial charge on any atom is 0.267 e. The summed E-state index contributed by atoms with van der Waals surface area (Å²) in [5.74, 6) is 0.234. The molecule has 1 aliphatic heterocycles. The van der Waals surface area contributed by atoms with Crippen molar-refractivity contribution in [1.82, 2.24) is 5.48 Å². The lowest BCUT2D eigenvalue weighted by Crippen LogP contribution is -2.45. The highest BCUT2D eigenvalue weighted by Gasteiger charge is 2.31. The standard InChI is InChI=1S/C13H16N2O4/c1-9-13(17)15(8-7-12(16)14-18-2)10-5-3-4-6-11(10)19-9/h3-6,9H,7-8H2,1-2H3,(H,14,16). The molecule has 0 aliphatic carbocycles. The number of nitrogens with zero attached hydrogens (tertiary/aromatic N) is 1. The Labute approximate surface area is 111 Å². The van der Waals surface area contributed by atoms with Gasteiger partial charge >= 0.3 is 0 Å². The smallest absolute Gasteiger partial charge is 0.267 e. The van der Waals surface area contributed by atoms with E-state index in [9.17, 15) is 9.59 Å². The molecular weight excluding hydrogens is 248 g/mol. The molecule has 102 valence electrons. The number of fused-ring (bicyclic) bond motifs is 1. The normalized spacial score (nSPS) is 17.7. The summed E-state index contributed by atoms with van der Waals surface area (Å²) in [6.45, 7) is 1.99. The number of ether oxygens (including phenoxy) is 1. The summed E-state index contributed by atoms with van der Waals surface area (Å²) in [5, 5.41) is 0. The first kappa shape index (κ1) is 13.4. The van der Waals surface area contributed by atoms with Crippen molar-refractivity contribution >= 4 is 17.5 Å².